The number of halogens is 3. The summed E-state index contributed by atoms with van der Waals surface area (Å²) >= 11 is 0. The van der Waals surface area contributed by atoms with E-state index in [1.54, 1.807) is 6.07 Å². The van der Waals surface area contributed by atoms with Crippen LogP contribution >= 0.6 is 0 Å². The molecule has 0 aliphatic rings. The van der Waals surface area contributed by atoms with Crippen molar-refractivity contribution in [3.63, 3.8) is 0 Å². The molecule has 0 amide bonds. The first kappa shape index (κ1) is 13.3. The Morgan fingerprint density at radius 1 is 1.41 bits per heavy atom. The third-order valence-corrected chi connectivity index (χ3v) is 2.06. The van der Waals surface area contributed by atoms with Crippen LogP contribution in [-0.2, 0) is 22.1 Å². The smallest absolute Gasteiger partial charge is 0.416 e. The Morgan fingerprint density at radius 2 is 2.12 bits per heavy atom. The van der Waals surface area contributed by atoms with E-state index in [0.717, 1.165) is 12.1 Å². The third-order valence-electron chi connectivity index (χ3n) is 2.06. The molecule has 0 fully saturated rings. The number of hydrogen-bond acceptors (Lipinski definition) is 2. The fourth-order valence-electron chi connectivity index (χ4n) is 1.23. The maximum atomic E-state index is 12.4. The highest BCUT2D eigenvalue weighted by atomic mass is 19.4. The van der Waals surface area contributed by atoms with Crippen molar-refractivity contribution in [1.29, 1.82) is 0 Å². The fourth-order valence-corrected chi connectivity index (χ4v) is 1.23. The lowest BCUT2D eigenvalue weighted by molar-refractivity contribution is -0.137. The van der Waals surface area contributed by atoms with Gasteiger partial charge < -0.3 is 4.74 Å². The van der Waals surface area contributed by atoms with Crippen molar-refractivity contribution in [2.75, 3.05) is 7.11 Å². The monoisotopic (exact) mass is 244 g/mol. The van der Waals surface area contributed by atoms with E-state index in [2.05, 4.69) is 4.74 Å². The second-order valence-corrected chi connectivity index (χ2v) is 3.33. The van der Waals surface area contributed by atoms with Gasteiger partial charge in [-0.15, -0.1) is 0 Å². The van der Waals surface area contributed by atoms with E-state index in [9.17, 15) is 18.0 Å². The molecule has 0 heterocycles. The number of esters is 1. The van der Waals surface area contributed by atoms with Gasteiger partial charge in [-0.1, -0.05) is 24.3 Å². The van der Waals surface area contributed by atoms with Crippen LogP contribution in [0.3, 0.4) is 0 Å². The lowest BCUT2D eigenvalue weighted by atomic mass is 10.1. The van der Waals surface area contributed by atoms with Crippen molar-refractivity contribution in [2.45, 2.75) is 12.6 Å². The Hall–Kier alpha value is -1.78. The number of carbonyl (C=O) groups excluding carboxylic acids is 1. The molecule has 0 N–H and O–H groups in total. The van der Waals surface area contributed by atoms with E-state index in [1.807, 2.05) is 0 Å². The third kappa shape index (κ3) is 4.30. The molecule has 17 heavy (non-hydrogen) atoms. The summed E-state index contributed by atoms with van der Waals surface area (Å²) in [5.41, 5.74) is -0.207. The first-order valence-electron chi connectivity index (χ1n) is 4.84. The fraction of sp³-hybridized carbons (Fsp3) is 0.250. The van der Waals surface area contributed by atoms with Crippen molar-refractivity contribution in [1.82, 2.24) is 0 Å². The number of ether oxygens (including phenoxy) is 1. The number of methoxy groups -OCH3 is 1. The maximum Gasteiger partial charge on any atom is 0.416 e. The van der Waals surface area contributed by atoms with E-state index in [0.29, 0.717) is 5.56 Å². The molecule has 2 nitrogen and oxygen atoms in total. The van der Waals surface area contributed by atoms with Crippen LogP contribution in [0.1, 0.15) is 11.1 Å². The highest BCUT2D eigenvalue weighted by Gasteiger charge is 2.30. The molecule has 0 saturated heterocycles. The maximum absolute atomic E-state index is 12.4. The van der Waals surface area contributed by atoms with Crippen LogP contribution in [0.2, 0.25) is 0 Å². The SMILES string of the molecule is COC(=O)/C=C\Cc1cccc(C(F)(F)F)c1. The van der Waals surface area contributed by atoms with Crippen molar-refractivity contribution >= 4 is 5.97 Å². The van der Waals surface area contributed by atoms with Gasteiger partial charge in [0.1, 0.15) is 0 Å². The molecule has 0 atom stereocenters. The van der Waals surface area contributed by atoms with Crippen LogP contribution in [0, 0.1) is 0 Å². The second-order valence-electron chi connectivity index (χ2n) is 3.33. The first-order valence-corrected chi connectivity index (χ1v) is 4.84. The molecule has 1 aromatic rings. The summed E-state index contributed by atoms with van der Waals surface area (Å²) in [5.74, 6) is -0.531. The van der Waals surface area contributed by atoms with Crippen LogP contribution in [0.5, 0.6) is 0 Å². The summed E-state index contributed by atoms with van der Waals surface area (Å²) in [5, 5.41) is 0. The van der Waals surface area contributed by atoms with Gasteiger partial charge in [0, 0.05) is 6.08 Å². The van der Waals surface area contributed by atoms with Gasteiger partial charge in [-0.05, 0) is 18.1 Å². The van der Waals surface area contributed by atoms with E-state index in [4.69, 9.17) is 0 Å². The van der Waals surface area contributed by atoms with E-state index < -0.39 is 17.7 Å². The zero-order chi connectivity index (χ0) is 12.9. The van der Waals surface area contributed by atoms with Crippen molar-refractivity contribution in [2.24, 2.45) is 0 Å². The predicted octanol–water partition coefficient (Wildman–Crippen LogP) is 2.98. The molecule has 1 aromatic carbocycles. The number of carbonyl (C=O) groups is 1. The van der Waals surface area contributed by atoms with Gasteiger partial charge in [-0.2, -0.15) is 13.2 Å². The quantitative estimate of drug-likeness (QED) is 0.603. The molecule has 0 aliphatic carbocycles. The van der Waals surface area contributed by atoms with Gasteiger partial charge in [0.25, 0.3) is 0 Å². The number of allylic oxidation sites excluding steroid dienone is 1. The highest BCUT2D eigenvalue weighted by Crippen LogP contribution is 2.29. The minimum atomic E-state index is -4.35. The Morgan fingerprint density at radius 3 is 2.71 bits per heavy atom. The summed E-state index contributed by atoms with van der Waals surface area (Å²) in [6.45, 7) is 0. The molecule has 0 bridgehead atoms. The minimum Gasteiger partial charge on any atom is -0.466 e. The van der Waals surface area contributed by atoms with Gasteiger partial charge >= 0.3 is 12.1 Å². The van der Waals surface area contributed by atoms with Crippen molar-refractivity contribution in [3.8, 4) is 0 Å². The van der Waals surface area contributed by atoms with Crippen LogP contribution in [-0.4, -0.2) is 13.1 Å². The first-order chi connectivity index (χ1) is 7.93. The topological polar surface area (TPSA) is 26.3 Å². The van der Waals surface area contributed by atoms with Crippen molar-refractivity contribution < 1.29 is 22.7 Å². The normalized spacial score (nSPS) is 11.8. The Labute approximate surface area is 96.7 Å². The molecular weight excluding hydrogens is 233 g/mol. The standard InChI is InChI=1S/C12H11F3O2/c1-17-11(16)7-3-5-9-4-2-6-10(8-9)12(13,14)15/h2-4,6-8H,5H2,1H3/b7-3-. The average molecular weight is 244 g/mol. The molecule has 0 unspecified atom stereocenters. The zero-order valence-corrected chi connectivity index (χ0v) is 9.12. The Balaban J connectivity index is 2.73. The summed E-state index contributed by atoms with van der Waals surface area (Å²) < 4.78 is 41.5. The van der Waals surface area contributed by atoms with E-state index in [-0.39, 0.29) is 6.42 Å². The Bertz CT molecular complexity index is 422. The molecule has 92 valence electrons. The van der Waals surface area contributed by atoms with Gasteiger partial charge in [0.05, 0.1) is 12.7 Å². The molecule has 0 spiro atoms. The van der Waals surface area contributed by atoms with Gasteiger partial charge in [-0.3, -0.25) is 0 Å². The number of rotatable bonds is 3. The number of alkyl halides is 3. The molecule has 1 rings (SSSR count). The van der Waals surface area contributed by atoms with Gasteiger partial charge in [0.2, 0.25) is 0 Å². The number of benzene rings is 1. The van der Waals surface area contributed by atoms with Crippen LogP contribution in [0.25, 0.3) is 0 Å². The van der Waals surface area contributed by atoms with E-state index >= 15 is 0 Å². The number of hydrogen-bond donors (Lipinski definition) is 0. The highest BCUT2D eigenvalue weighted by molar-refractivity contribution is 5.81. The molecule has 0 saturated carbocycles. The molecule has 0 radical (unpaired) electrons. The van der Waals surface area contributed by atoms with Gasteiger partial charge in [-0.25, -0.2) is 4.79 Å². The largest absolute Gasteiger partial charge is 0.466 e. The lowest BCUT2D eigenvalue weighted by Gasteiger charge is -2.07. The predicted molar refractivity (Wildman–Crippen MR) is 56.3 cm³/mol. The Kier molecular flexibility index (Phi) is 4.31. The minimum absolute atomic E-state index is 0.249. The zero-order valence-electron chi connectivity index (χ0n) is 9.12. The van der Waals surface area contributed by atoms with Crippen LogP contribution < -0.4 is 0 Å². The molecule has 5 heteroatoms. The molecule has 0 aliphatic heterocycles. The molecule has 0 aromatic heterocycles. The summed E-state index contributed by atoms with van der Waals surface area (Å²) in [4.78, 5) is 10.7. The average Bonchev–Trinajstić information content (AvgIpc) is 2.28. The summed E-state index contributed by atoms with van der Waals surface area (Å²) in [6.07, 6.45) is -1.46. The van der Waals surface area contributed by atoms with Crippen molar-refractivity contribution in [3.05, 3.63) is 47.5 Å². The van der Waals surface area contributed by atoms with E-state index in [1.165, 1.54) is 25.3 Å². The summed E-state index contributed by atoms with van der Waals surface area (Å²) in [6, 6.07) is 4.97. The second kappa shape index (κ2) is 5.52. The van der Waals surface area contributed by atoms with Crippen LogP contribution in [0.15, 0.2) is 36.4 Å². The van der Waals surface area contributed by atoms with Crippen LogP contribution in [0.4, 0.5) is 13.2 Å². The van der Waals surface area contributed by atoms with Gasteiger partial charge in [0.15, 0.2) is 0 Å². The molecular formula is C12H11F3O2. The lowest BCUT2D eigenvalue weighted by Crippen LogP contribution is -2.05. The summed E-state index contributed by atoms with van der Waals surface area (Å²) in [7, 11) is 1.23.